The predicted octanol–water partition coefficient (Wildman–Crippen LogP) is 7.62. The maximum absolute atomic E-state index is 14.1. The van der Waals surface area contributed by atoms with E-state index in [1.807, 2.05) is 18.2 Å². The lowest BCUT2D eigenvalue weighted by molar-refractivity contribution is -0.144. The molecule has 1 heterocycles. The van der Waals surface area contributed by atoms with Crippen LogP contribution in [-0.2, 0) is 29.4 Å². The van der Waals surface area contributed by atoms with Gasteiger partial charge in [0.15, 0.2) is 0 Å². The van der Waals surface area contributed by atoms with Gasteiger partial charge in [0.05, 0.1) is 18.0 Å². The van der Waals surface area contributed by atoms with Crippen molar-refractivity contribution >= 4 is 5.97 Å². The standard InChI is InChI=1S/C38H46FN3O3/c1-27(2)35-32-18-17-31(39)24-30(32)19-20-38(35,26-45-25-34(43)44)21-23-41(3)22-11-16-33-40-36(28-12-7-5-8-13-28)37(42(33)4)29-14-9-6-10-15-29/h5-10,12-15,17-18,24,27,35H,11,16,19-23,25-26H2,1-4H3,(H,43,44)/t35-,38+/m0/s1. The van der Waals surface area contributed by atoms with E-state index in [4.69, 9.17) is 9.72 Å². The number of nitrogens with zero attached hydrogens (tertiary/aromatic N) is 3. The van der Waals surface area contributed by atoms with Crippen molar-refractivity contribution in [2.75, 3.05) is 33.4 Å². The van der Waals surface area contributed by atoms with E-state index >= 15 is 0 Å². The SMILES string of the molecule is CC(C)[C@H]1c2ccc(F)cc2CC[C@@]1(CCN(C)CCCc1nc(-c2ccccc2)c(-c2ccccc2)n1C)COCC(=O)O. The molecule has 45 heavy (non-hydrogen) atoms. The second kappa shape index (κ2) is 14.5. The van der Waals surface area contributed by atoms with E-state index < -0.39 is 5.97 Å². The number of aliphatic carboxylic acids is 1. The van der Waals surface area contributed by atoms with Crippen LogP contribution in [0.4, 0.5) is 4.39 Å². The first-order valence-corrected chi connectivity index (χ1v) is 16.1. The number of halogens is 1. The molecular weight excluding hydrogens is 565 g/mol. The highest BCUT2D eigenvalue weighted by Gasteiger charge is 2.45. The topological polar surface area (TPSA) is 67.6 Å². The molecule has 5 rings (SSSR count). The number of imidazole rings is 1. The summed E-state index contributed by atoms with van der Waals surface area (Å²) in [6.07, 6.45) is 4.30. The van der Waals surface area contributed by atoms with Gasteiger partial charge in [0, 0.05) is 30.0 Å². The fourth-order valence-corrected chi connectivity index (χ4v) is 7.41. The first-order chi connectivity index (χ1) is 21.7. The number of hydrogen-bond donors (Lipinski definition) is 1. The molecule has 1 aliphatic rings. The molecule has 2 atom stereocenters. The molecule has 1 aliphatic carbocycles. The predicted molar refractivity (Wildman–Crippen MR) is 178 cm³/mol. The number of ether oxygens (including phenoxy) is 1. The lowest BCUT2D eigenvalue weighted by Crippen LogP contribution is -2.43. The van der Waals surface area contributed by atoms with Gasteiger partial charge in [0.25, 0.3) is 0 Å². The molecule has 238 valence electrons. The van der Waals surface area contributed by atoms with Crippen molar-refractivity contribution in [2.45, 2.75) is 51.9 Å². The summed E-state index contributed by atoms with van der Waals surface area (Å²) in [4.78, 5) is 18.8. The number of hydrogen-bond acceptors (Lipinski definition) is 4. The third kappa shape index (κ3) is 7.54. The van der Waals surface area contributed by atoms with Gasteiger partial charge in [-0.15, -0.1) is 0 Å². The highest BCUT2D eigenvalue weighted by molar-refractivity contribution is 5.79. The van der Waals surface area contributed by atoms with Crippen molar-refractivity contribution in [2.24, 2.45) is 18.4 Å². The van der Waals surface area contributed by atoms with Gasteiger partial charge >= 0.3 is 5.97 Å². The highest BCUT2D eigenvalue weighted by Crippen LogP contribution is 2.52. The van der Waals surface area contributed by atoms with Gasteiger partial charge < -0.3 is 19.3 Å². The van der Waals surface area contributed by atoms with Crippen molar-refractivity contribution in [3.63, 3.8) is 0 Å². The zero-order valence-corrected chi connectivity index (χ0v) is 27.0. The summed E-state index contributed by atoms with van der Waals surface area (Å²) >= 11 is 0. The van der Waals surface area contributed by atoms with Crippen molar-refractivity contribution in [3.8, 4) is 22.5 Å². The Balaban J connectivity index is 1.29. The fraction of sp³-hybridized carbons (Fsp3) is 0.421. The molecule has 0 saturated carbocycles. The maximum Gasteiger partial charge on any atom is 0.329 e. The van der Waals surface area contributed by atoms with Crippen LogP contribution in [0, 0.1) is 17.2 Å². The summed E-state index contributed by atoms with van der Waals surface area (Å²) in [7, 11) is 4.27. The molecular formula is C38H46FN3O3. The minimum absolute atomic E-state index is 0.157. The van der Waals surface area contributed by atoms with E-state index in [1.54, 1.807) is 12.1 Å². The number of carboxylic acids is 1. The fourth-order valence-electron chi connectivity index (χ4n) is 7.41. The minimum Gasteiger partial charge on any atom is -0.480 e. The maximum atomic E-state index is 14.1. The van der Waals surface area contributed by atoms with Crippen molar-refractivity contribution in [3.05, 3.63) is 102 Å². The van der Waals surface area contributed by atoms with Crippen molar-refractivity contribution in [1.82, 2.24) is 14.5 Å². The first kappa shape index (κ1) is 32.6. The zero-order valence-electron chi connectivity index (χ0n) is 27.0. The smallest absolute Gasteiger partial charge is 0.329 e. The number of benzene rings is 3. The summed E-state index contributed by atoms with van der Waals surface area (Å²) in [6, 6.07) is 26.0. The van der Waals surface area contributed by atoms with E-state index in [1.165, 1.54) is 5.56 Å². The Hall–Kier alpha value is -3.81. The Labute approximate surface area is 266 Å². The summed E-state index contributed by atoms with van der Waals surface area (Å²) in [5.74, 6) is 0.362. The van der Waals surface area contributed by atoms with Gasteiger partial charge in [-0.05, 0) is 80.9 Å². The van der Waals surface area contributed by atoms with Gasteiger partial charge in [-0.3, -0.25) is 0 Å². The third-order valence-corrected chi connectivity index (χ3v) is 9.49. The number of aromatic nitrogens is 2. The van der Waals surface area contributed by atoms with E-state index in [0.717, 1.165) is 79.1 Å². The second-order valence-electron chi connectivity index (χ2n) is 13.0. The Kier molecular flexibility index (Phi) is 10.5. The molecule has 1 aromatic heterocycles. The van der Waals surface area contributed by atoms with Gasteiger partial charge in [-0.1, -0.05) is 80.6 Å². The van der Waals surface area contributed by atoms with Crippen LogP contribution in [0.25, 0.3) is 22.5 Å². The molecule has 3 aromatic carbocycles. The Bertz CT molecular complexity index is 1570. The Morgan fingerprint density at radius 2 is 1.76 bits per heavy atom. The molecule has 1 N–H and O–H groups in total. The lowest BCUT2D eigenvalue weighted by Gasteiger charge is -2.48. The molecule has 6 nitrogen and oxygen atoms in total. The van der Waals surface area contributed by atoms with Gasteiger partial charge in [0.1, 0.15) is 18.2 Å². The van der Waals surface area contributed by atoms with Crippen LogP contribution in [0.2, 0.25) is 0 Å². The molecule has 0 saturated heterocycles. The molecule has 0 fully saturated rings. The number of carboxylic acid groups (broad SMARTS) is 1. The van der Waals surface area contributed by atoms with E-state index in [9.17, 15) is 14.3 Å². The van der Waals surface area contributed by atoms with Gasteiger partial charge in [0.2, 0.25) is 0 Å². The molecule has 0 amide bonds. The van der Waals surface area contributed by atoms with Crippen LogP contribution < -0.4 is 0 Å². The van der Waals surface area contributed by atoms with Gasteiger partial charge in [-0.2, -0.15) is 0 Å². The van der Waals surface area contributed by atoms with Crippen LogP contribution in [0.5, 0.6) is 0 Å². The van der Waals surface area contributed by atoms with Crippen LogP contribution in [0.1, 0.15) is 56.0 Å². The Morgan fingerprint density at radius 3 is 2.42 bits per heavy atom. The van der Waals surface area contributed by atoms with Crippen molar-refractivity contribution < 1.29 is 19.0 Å². The number of aryl methyl sites for hydroxylation is 2. The molecule has 4 aromatic rings. The minimum atomic E-state index is -0.957. The quantitative estimate of drug-likeness (QED) is 0.159. The van der Waals surface area contributed by atoms with E-state index in [2.05, 4.69) is 85.9 Å². The third-order valence-electron chi connectivity index (χ3n) is 9.49. The number of carbonyl (C=O) groups is 1. The summed E-state index contributed by atoms with van der Waals surface area (Å²) < 4.78 is 22.2. The molecule has 0 spiro atoms. The normalized spacial score (nSPS) is 18.0. The molecule has 0 unspecified atom stereocenters. The molecule has 7 heteroatoms. The number of fused-ring (bicyclic) bond motifs is 1. The van der Waals surface area contributed by atoms with Crippen LogP contribution in [-0.4, -0.2) is 58.9 Å². The summed E-state index contributed by atoms with van der Waals surface area (Å²) in [5, 5.41) is 9.29. The van der Waals surface area contributed by atoms with E-state index in [0.29, 0.717) is 12.5 Å². The Morgan fingerprint density at radius 1 is 1.07 bits per heavy atom. The summed E-state index contributed by atoms with van der Waals surface area (Å²) in [6.45, 7) is 6.26. The van der Waals surface area contributed by atoms with Crippen molar-refractivity contribution in [1.29, 1.82) is 0 Å². The van der Waals surface area contributed by atoms with Crippen LogP contribution in [0.15, 0.2) is 78.9 Å². The molecule has 0 aliphatic heterocycles. The average Bonchev–Trinajstić information content (AvgIpc) is 3.36. The summed E-state index contributed by atoms with van der Waals surface area (Å²) in [5.41, 5.74) is 6.42. The second-order valence-corrected chi connectivity index (χ2v) is 13.0. The van der Waals surface area contributed by atoms with E-state index in [-0.39, 0.29) is 23.8 Å². The van der Waals surface area contributed by atoms with Crippen LogP contribution >= 0.6 is 0 Å². The number of rotatable bonds is 14. The monoisotopic (exact) mass is 611 g/mol. The van der Waals surface area contributed by atoms with Crippen LogP contribution in [0.3, 0.4) is 0 Å². The lowest BCUT2D eigenvalue weighted by atomic mass is 9.59. The average molecular weight is 612 g/mol. The highest BCUT2D eigenvalue weighted by atomic mass is 19.1. The zero-order chi connectivity index (χ0) is 32.0. The first-order valence-electron chi connectivity index (χ1n) is 16.1. The molecule has 0 radical (unpaired) electrons. The largest absolute Gasteiger partial charge is 0.480 e. The van der Waals surface area contributed by atoms with Gasteiger partial charge in [-0.25, -0.2) is 14.2 Å². The molecule has 0 bridgehead atoms.